The third kappa shape index (κ3) is 6.76. The van der Waals surface area contributed by atoms with Crippen LogP contribution in [0.3, 0.4) is 0 Å². The Morgan fingerprint density at radius 3 is 2.53 bits per heavy atom. The number of morpholine rings is 2. The summed E-state index contributed by atoms with van der Waals surface area (Å²) in [6, 6.07) is 15.1. The molecule has 2 amide bonds. The van der Waals surface area contributed by atoms with Crippen LogP contribution in [0.4, 0.5) is 0 Å². The highest BCUT2D eigenvalue weighted by atomic mass is 35.5. The minimum Gasteiger partial charge on any atom is -0.482 e. The molecule has 3 fully saturated rings. The molecule has 2 aliphatic heterocycles. The van der Waals surface area contributed by atoms with E-state index in [1.165, 1.54) is 0 Å². The molecular formula is C30H36ClN3O4. The van der Waals surface area contributed by atoms with E-state index in [-0.39, 0.29) is 24.0 Å². The average Bonchev–Trinajstić information content (AvgIpc) is 2.95. The van der Waals surface area contributed by atoms with Crippen molar-refractivity contribution in [2.75, 3.05) is 39.4 Å². The molecule has 0 aromatic heterocycles. The molecule has 2 heterocycles. The van der Waals surface area contributed by atoms with Crippen molar-refractivity contribution in [2.24, 2.45) is 0 Å². The predicted molar refractivity (Wildman–Crippen MR) is 148 cm³/mol. The molecule has 8 heteroatoms. The van der Waals surface area contributed by atoms with E-state index in [1.54, 1.807) is 18.2 Å². The van der Waals surface area contributed by atoms with E-state index in [1.807, 2.05) is 41.3 Å². The zero-order chi connectivity index (χ0) is 26.3. The molecule has 1 aliphatic carbocycles. The van der Waals surface area contributed by atoms with Crippen LogP contribution in [0.2, 0.25) is 5.02 Å². The lowest BCUT2D eigenvalue weighted by atomic mass is 9.89. The standard InChI is InChI=1S/C30H36ClN3O4/c31-25-12-8-23(9-13-25)21-34-26-4-1-2-5-27(26)38-28(30(34)36)20-22-6-10-24(11-7-22)29(35)32-14-3-15-33-16-18-37-19-17-33/h6-13,20,26-27H,1-5,14-19,21H2,(H,32,35)/b28-20-. The summed E-state index contributed by atoms with van der Waals surface area (Å²) in [5, 5.41) is 3.69. The summed E-state index contributed by atoms with van der Waals surface area (Å²) in [6.45, 7) is 5.61. The number of halogens is 1. The van der Waals surface area contributed by atoms with Gasteiger partial charge in [-0.25, -0.2) is 0 Å². The molecule has 0 spiro atoms. The Morgan fingerprint density at radius 2 is 1.76 bits per heavy atom. The number of rotatable bonds is 8. The monoisotopic (exact) mass is 537 g/mol. The molecule has 3 aliphatic rings. The molecule has 1 N–H and O–H groups in total. The van der Waals surface area contributed by atoms with E-state index in [2.05, 4.69) is 10.2 Å². The van der Waals surface area contributed by atoms with Gasteiger partial charge in [0.05, 0.1) is 19.3 Å². The van der Waals surface area contributed by atoms with Gasteiger partial charge in [0, 0.05) is 36.8 Å². The van der Waals surface area contributed by atoms with Gasteiger partial charge in [-0.2, -0.15) is 0 Å². The molecule has 2 unspecified atom stereocenters. The first-order valence-corrected chi connectivity index (χ1v) is 14.1. The summed E-state index contributed by atoms with van der Waals surface area (Å²) in [5.41, 5.74) is 2.48. The second-order valence-electron chi connectivity index (χ2n) is 10.3. The van der Waals surface area contributed by atoms with Gasteiger partial charge in [-0.05, 0) is 73.7 Å². The number of nitrogens with zero attached hydrogens (tertiary/aromatic N) is 2. The number of carbonyl (C=O) groups is 2. The normalized spacial score (nSPS) is 23.1. The Labute approximate surface area is 229 Å². The third-order valence-electron chi connectivity index (χ3n) is 7.60. The smallest absolute Gasteiger partial charge is 0.289 e. The fraction of sp³-hybridized carbons (Fsp3) is 0.467. The fourth-order valence-corrected chi connectivity index (χ4v) is 5.59. The maximum absolute atomic E-state index is 13.5. The summed E-state index contributed by atoms with van der Waals surface area (Å²) in [7, 11) is 0. The maximum Gasteiger partial charge on any atom is 0.289 e. The van der Waals surface area contributed by atoms with Crippen molar-refractivity contribution in [1.82, 2.24) is 15.1 Å². The van der Waals surface area contributed by atoms with E-state index in [9.17, 15) is 9.59 Å². The zero-order valence-corrected chi connectivity index (χ0v) is 22.5. The molecule has 2 atom stereocenters. The number of ether oxygens (including phenoxy) is 2. The van der Waals surface area contributed by atoms with E-state index >= 15 is 0 Å². The van der Waals surface area contributed by atoms with Crippen LogP contribution in [0.25, 0.3) is 6.08 Å². The van der Waals surface area contributed by atoms with Crippen molar-refractivity contribution >= 4 is 29.5 Å². The van der Waals surface area contributed by atoms with Gasteiger partial charge in [-0.1, -0.05) is 42.3 Å². The van der Waals surface area contributed by atoms with Gasteiger partial charge in [0.25, 0.3) is 11.8 Å². The van der Waals surface area contributed by atoms with Crippen molar-refractivity contribution < 1.29 is 19.1 Å². The van der Waals surface area contributed by atoms with Gasteiger partial charge in [-0.3, -0.25) is 14.5 Å². The van der Waals surface area contributed by atoms with Crippen LogP contribution >= 0.6 is 11.6 Å². The van der Waals surface area contributed by atoms with Crippen LogP contribution in [0.15, 0.2) is 54.3 Å². The lowest BCUT2D eigenvalue weighted by Crippen LogP contribution is -2.54. The third-order valence-corrected chi connectivity index (χ3v) is 7.85. The number of nitrogens with one attached hydrogen (secondary N) is 1. The number of hydrogen-bond acceptors (Lipinski definition) is 5. The lowest BCUT2D eigenvalue weighted by molar-refractivity contribution is -0.149. The molecular weight excluding hydrogens is 502 g/mol. The molecule has 2 saturated heterocycles. The van der Waals surface area contributed by atoms with Gasteiger partial charge in [-0.15, -0.1) is 0 Å². The summed E-state index contributed by atoms with van der Waals surface area (Å²) in [4.78, 5) is 30.4. The number of hydrogen-bond donors (Lipinski definition) is 1. The Balaban J connectivity index is 1.21. The number of carbonyl (C=O) groups excluding carboxylic acids is 2. The van der Waals surface area contributed by atoms with Crippen LogP contribution in [0, 0.1) is 0 Å². The minimum absolute atomic E-state index is 0.00233. The first-order chi connectivity index (χ1) is 18.6. The summed E-state index contributed by atoms with van der Waals surface area (Å²) < 4.78 is 11.6. The highest BCUT2D eigenvalue weighted by Crippen LogP contribution is 2.34. The second-order valence-corrected chi connectivity index (χ2v) is 10.7. The molecule has 202 valence electrons. The van der Waals surface area contributed by atoms with Crippen molar-refractivity contribution in [2.45, 2.75) is 50.8 Å². The van der Waals surface area contributed by atoms with Crippen LogP contribution in [0.1, 0.15) is 53.6 Å². The largest absolute Gasteiger partial charge is 0.482 e. The lowest BCUT2D eigenvalue weighted by Gasteiger charge is -2.44. The Bertz CT molecular complexity index is 1130. The second kappa shape index (κ2) is 12.8. The predicted octanol–water partition coefficient (Wildman–Crippen LogP) is 4.50. The van der Waals surface area contributed by atoms with E-state index < -0.39 is 0 Å². The van der Waals surface area contributed by atoms with E-state index in [0.29, 0.717) is 29.4 Å². The van der Waals surface area contributed by atoms with Crippen molar-refractivity contribution in [3.63, 3.8) is 0 Å². The highest BCUT2D eigenvalue weighted by Gasteiger charge is 2.41. The fourth-order valence-electron chi connectivity index (χ4n) is 5.46. The number of benzene rings is 2. The van der Waals surface area contributed by atoms with Gasteiger partial charge >= 0.3 is 0 Å². The van der Waals surface area contributed by atoms with Crippen molar-refractivity contribution in [3.8, 4) is 0 Å². The molecule has 0 radical (unpaired) electrons. The van der Waals surface area contributed by atoms with Crippen LogP contribution in [0.5, 0.6) is 0 Å². The molecule has 2 aromatic rings. The summed E-state index contributed by atoms with van der Waals surface area (Å²) in [6.07, 6.45) is 6.81. The van der Waals surface area contributed by atoms with Crippen molar-refractivity contribution in [1.29, 1.82) is 0 Å². The van der Waals surface area contributed by atoms with Crippen LogP contribution in [-0.2, 0) is 20.8 Å². The van der Waals surface area contributed by atoms with Gasteiger partial charge in [0.15, 0.2) is 5.76 Å². The minimum atomic E-state index is -0.0924. The Hall–Kier alpha value is -2.87. The maximum atomic E-state index is 13.5. The van der Waals surface area contributed by atoms with Gasteiger partial charge in [0.1, 0.15) is 6.10 Å². The first-order valence-electron chi connectivity index (χ1n) is 13.7. The summed E-state index contributed by atoms with van der Waals surface area (Å²) in [5.74, 6) is 0.183. The van der Waals surface area contributed by atoms with Gasteiger partial charge < -0.3 is 19.7 Å². The first kappa shape index (κ1) is 26.7. The SMILES string of the molecule is O=C(NCCCN1CCOCC1)c1ccc(/C=C2\OC3CCCCC3N(Cc3ccc(Cl)cc3)C2=O)cc1. The Kier molecular flexibility index (Phi) is 8.99. The van der Waals surface area contributed by atoms with Gasteiger partial charge in [0.2, 0.25) is 0 Å². The quantitative estimate of drug-likeness (QED) is 0.396. The molecule has 7 nitrogen and oxygen atoms in total. The number of fused-ring (bicyclic) bond motifs is 1. The molecule has 2 aromatic carbocycles. The van der Waals surface area contributed by atoms with Crippen LogP contribution < -0.4 is 5.32 Å². The zero-order valence-electron chi connectivity index (χ0n) is 21.7. The molecule has 38 heavy (non-hydrogen) atoms. The van der Waals surface area contributed by atoms with E-state index in [4.69, 9.17) is 21.1 Å². The number of amides is 2. The molecule has 0 bridgehead atoms. The Morgan fingerprint density at radius 1 is 1.03 bits per heavy atom. The molecule has 1 saturated carbocycles. The highest BCUT2D eigenvalue weighted by molar-refractivity contribution is 6.30. The topological polar surface area (TPSA) is 71.1 Å². The summed E-state index contributed by atoms with van der Waals surface area (Å²) >= 11 is 6.06. The average molecular weight is 538 g/mol. The molecule has 5 rings (SSSR count). The van der Waals surface area contributed by atoms with Crippen molar-refractivity contribution in [3.05, 3.63) is 76.0 Å². The van der Waals surface area contributed by atoms with Crippen LogP contribution in [-0.4, -0.2) is 73.2 Å². The van der Waals surface area contributed by atoms with E-state index in [0.717, 1.165) is 76.1 Å².